The topological polar surface area (TPSA) is 49.3 Å². The number of thioether (sulfide) groups is 1. The average Bonchev–Trinajstić information content (AvgIpc) is 2.48. The van der Waals surface area contributed by atoms with E-state index in [4.69, 9.17) is 5.11 Å². The van der Waals surface area contributed by atoms with Gasteiger partial charge in [0, 0.05) is 13.8 Å². The maximum absolute atomic E-state index is 11.9. The predicted molar refractivity (Wildman–Crippen MR) is 93.6 cm³/mol. The molecule has 0 heterocycles. The number of hydrogen-bond acceptors (Lipinski definition) is 3. The fraction of sp³-hybridized carbons (Fsp3) is 0.133. The van der Waals surface area contributed by atoms with Gasteiger partial charge < -0.3 is 10.4 Å². The Labute approximate surface area is 144 Å². The number of halogens is 2. The number of aliphatic hydroxyl groups is 1. The van der Waals surface area contributed by atoms with Crippen LogP contribution in [0, 0.1) is 0 Å². The number of carbonyl (C=O) groups is 1. The molecule has 0 radical (unpaired) electrons. The first-order valence-corrected chi connectivity index (χ1v) is 8.73. The molecule has 0 fully saturated rings. The van der Waals surface area contributed by atoms with Crippen molar-refractivity contribution < 1.29 is 9.90 Å². The molecule has 3 nitrogen and oxygen atoms in total. The third-order valence-corrected chi connectivity index (χ3v) is 4.84. The van der Waals surface area contributed by atoms with Gasteiger partial charge in [-0.1, -0.05) is 28.1 Å². The molecule has 21 heavy (non-hydrogen) atoms. The van der Waals surface area contributed by atoms with Crippen molar-refractivity contribution in [2.75, 3.05) is 11.1 Å². The number of anilines is 1. The first kappa shape index (κ1) is 16.5. The van der Waals surface area contributed by atoms with Crippen LogP contribution in [0.1, 0.15) is 5.56 Å². The van der Waals surface area contributed by atoms with Crippen LogP contribution in [0.3, 0.4) is 0 Å². The summed E-state index contributed by atoms with van der Waals surface area (Å²) >= 11 is 8.24. The van der Waals surface area contributed by atoms with E-state index in [-0.39, 0.29) is 12.5 Å². The summed E-state index contributed by atoms with van der Waals surface area (Å²) in [6.07, 6.45) is 0. The zero-order chi connectivity index (χ0) is 15.2. The molecule has 110 valence electrons. The van der Waals surface area contributed by atoms with E-state index in [0.29, 0.717) is 5.75 Å². The Bertz CT molecular complexity index is 632. The lowest BCUT2D eigenvalue weighted by Crippen LogP contribution is -2.14. The molecule has 2 N–H and O–H groups in total. The first-order valence-electron chi connectivity index (χ1n) is 6.16. The van der Waals surface area contributed by atoms with Gasteiger partial charge in [-0.3, -0.25) is 4.79 Å². The third-order valence-electron chi connectivity index (χ3n) is 2.68. The quantitative estimate of drug-likeness (QED) is 0.689. The van der Waals surface area contributed by atoms with Crippen LogP contribution in [0.25, 0.3) is 0 Å². The molecule has 2 aromatic carbocycles. The summed E-state index contributed by atoms with van der Waals surface area (Å²) in [5, 5.41) is 11.8. The maximum atomic E-state index is 11.9. The molecule has 0 saturated heterocycles. The van der Waals surface area contributed by atoms with E-state index >= 15 is 0 Å². The van der Waals surface area contributed by atoms with E-state index in [9.17, 15) is 4.79 Å². The van der Waals surface area contributed by atoms with E-state index in [1.54, 1.807) is 0 Å². The standard InChI is InChI=1S/C15H13Br2NO2S/c16-11-3-6-14(13(17)7-11)18-15(20)9-21-12-4-1-10(8-19)2-5-12/h1-7,19H,8-9H2,(H,18,20). The van der Waals surface area contributed by atoms with E-state index in [1.807, 2.05) is 42.5 Å². The minimum Gasteiger partial charge on any atom is -0.392 e. The van der Waals surface area contributed by atoms with Crippen molar-refractivity contribution in [3.8, 4) is 0 Å². The van der Waals surface area contributed by atoms with Crippen molar-refractivity contribution in [3.63, 3.8) is 0 Å². The lowest BCUT2D eigenvalue weighted by atomic mass is 10.2. The summed E-state index contributed by atoms with van der Waals surface area (Å²) in [5.41, 5.74) is 1.61. The lowest BCUT2D eigenvalue weighted by molar-refractivity contribution is -0.113. The monoisotopic (exact) mass is 429 g/mol. The van der Waals surface area contributed by atoms with Crippen LogP contribution in [0.5, 0.6) is 0 Å². The zero-order valence-electron chi connectivity index (χ0n) is 11.0. The Morgan fingerprint density at radius 1 is 1.14 bits per heavy atom. The van der Waals surface area contributed by atoms with Gasteiger partial charge in [0.1, 0.15) is 0 Å². The molecule has 0 unspecified atom stereocenters. The smallest absolute Gasteiger partial charge is 0.234 e. The minimum atomic E-state index is -0.0609. The summed E-state index contributed by atoms with van der Waals surface area (Å²) in [5.74, 6) is 0.273. The molecule has 0 spiro atoms. The Hall–Kier alpha value is -0.820. The van der Waals surface area contributed by atoms with Crippen LogP contribution in [0.2, 0.25) is 0 Å². The van der Waals surface area contributed by atoms with Gasteiger partial charge in [0.2, 0.25) is 5.91 Å². The summed E-state index contributed by atoms with van der Waals surface area (Å²) in [6, 6.07) is 13.1. The van der Waals surface area contributed by atoms with E-state index in [1.165, 1.54) is 11.8 Å². The highest BCUT2D eigenvalue weighted by atomic mass is 79.9. The van der Waals surface area contributed by atoms with Crippen molar-refractivity contribution in [3.05, 3.63) is 57.0 Å². The second-order valence-electron chi connectivity index (χ2n) is 4.26. The molecule has 0 aliphatic rings. The summed E-state index contributed by atoms with van der Waals surface area (Å²) in [6.45, 7) is 0.0308. The van der Waals surface area contributed by atoms with Crippen LogP contribution in [0.4, 0.5) is 5.69 Å². The molecule has 2 rings (SSSR count). The van der Waals surface area contributed by atoms with E-state index in [0.717, 1.165) is 25.1 Å². The Kier molecular flexibility index (Phi) is 6.29. The van der Waals surface area contributed by atoms with Gasteiger partial charge in [0.25, 0.3) is 0 Å². The van der Waals surface area contributed by atoms with Crippen LogP contribution >= 0.6 is 43.6 Å². The zero-order valence-corrected chi connectivity index (χ0v) is 15.0. The summed E-state index contributed by atoms with van der Waals surface area (Å²) < 4.78 is 1.79. The van der Waals surface area contributed by atoms with E-state index in [2.05, 4.69) is 37.2 Å². The summed E-state index contributed by atoms with van der Waals surface area (Å²) in [4.78, 5) is 12.9. The molecular weight excluding hydrogens is 418 g/mol. The average molecular weight is 431 g/mol. The molecule has 6 heteroatoms. The number of nitrogens with one attached hydrogen (secondary N) is 1. The van der Waals surface area contributed by atoms with Crippen LogP contribution < -0.4 is 5.32 Å². The molecule has 0 atom stereocenters. The van der Waals surface area contributed by atoms with Crippen molar-refractivity contribution >= 4 is 55.2 Å². The van der Waals surface area contributed by atoms with Gasteiger partial charge in [-0.25, -0.2) is 0 Å². The Morgan fingerprint density at radius 3 is 2.48 bits per heavy atom. The molecule has 0 saturated carbocycles. The normalized spacial score (nSPS) is 10.4. The van der Waals surface area contributed by atoms with Crippen LogP contribution in [-0.4, -0.2) is 16.8 Å². The molecular formula is C15H13Br2NO2S. The van der Waals surface area contributed by atoms with Gasteiger partial charge >= 0.3 is 0 Å². The third kappa shape index (κ3) is 5.14. The van der Waals surface area contributed by atoms with Gasteiger partial charge in [-0.05, 0) is 51.8 Å². The predicted octanol–water partition coefficient (Wildman–Crippen LogP) is 4.43. The highest BCUT2D eigenvalue weighted by Crippen LogP contribution is 2.26. The van der Waals surface area contributed by atoms with Crippen LogP contribution in [-0.2, 0) is 11.4 Å². The number of hydrogen-bond donors (Lipinski definition) is 2. The van der Waals surface area contributed by atoms with Crippen molar-refractivity contribution in [1.82, 2.24) is 0 Å². The molecule has 0 aromatic heterocycles. The molecule has 0 aliphatic carbocycles. The largest absolute Gasteiger partial charge is 0.392 e. The number of carbonyl (C=O) groups excluding carboxylic acids is 1. The fourth-order valence-corrected chi connectivity index (χ4v) is 3.46. The second kappa shape index (κ2) is 7.98. The number of rotatable bonds is 5. The molecule has 2 aromatic rings. The van der Waals surface area contributed by atoms with Gasteiger partial charge in [0.05, 0.1) is 18.0 Å². The molecule has 0 bridgehead atoms. The lowest BCUT2D eigenvalue weighted by Gasteiger charge is -2.08. The number of amides is 1. The molecule has 1 amide bonds. The maximum Gasteiger partial charge on any atom is 0.234 e. The first-order chi connectivity index (χ1) is 10.1. The highest BCUT2D eigenvalue weighted by Gasteiger charge is 2.07. The van der Waals surface area contributed by atoms with Crippen molar-refractivity contribution in [2.45, 2.75) is 11.5 Å². The van der Waals surface area contributed by atoms with Crippen molar-refractivity contribution in [1.29, 1.82) is 0 Å². The Morgan fingerprint density at radius 2 is 1.86 bits per heavy atom. The van der Waals surface area contributed by atoms with E-state index < -0.39 is 0 Å². The van der Waals surface area contributed by atoms with Gasteiger partial charge in [-0.2, -0.15) is 0 Å². The fourth-order valence-electron chi connectivity index (χ4n) is 1.62. The van der Waals surface area contributed by atoms with Crippen molar-refractivity contribution in [2.24, 2.45) is 0 Å². The SMILES string of the molecule is O=C(CSc1ccc(CO)cc1)Nc1ccc(Br)cc1Br. The molecule has 0 aliphatic heterocycles. The summed E-state index contributed by atoms with van der Waals surface area (Å²) in [7, 11) is 0. The second-order valence-corrected chi connectivity index (χ2v) is 7.08. The Balaban J connectivity index is 1.89. The number of benzene rings is 2. The number of aliphatic hydroxyl groups excluding tert-OH is 1. The minimum absolute atomic E-state index is 0.0308. The van der Waals surface area contributed by atoms with Crippen LogP contribution in [0.15, 0.2) is 56.3 Å². The van der Waals surface area contributed by atoms with Gasteiger partial charge in [-0.15, -0.1) is 11.8 Å². The van der Waals surface area contributed by atoms with Gasteiger partial charge in [0.15, 0.2) is 0 Å². The highest BCUT2D eigenvalue weighted by molar-refractivity contribution is 9.11.